The summed E-state index contributed by atoms with van der Waals surface area (Å²) >= 11 is 3.03. The van der Waals surface area contributed by atoms with Gasteiger partial charge in [-0.05, 0) is 24.6 Å². The average Bonchev–Trinajstić information content (AvgIpc) is 3.11. The Hall–Kier alpha value is -1.86. The van der Waals surface area contributed by atoms with E-state index in [0.29, 0.717) is 6.42 Å². The molecule has 0 radical (unpaired) electrons. The summed E-state index contributed by atoms with van der Waals surface area (Å²) in [5, 5.41) is 7.26. The predicted octanol–water partition coefficient (Wildman–Crippen LogP) is 3.69. The van der Waals surface area contributed by atoms with Crippen LogP contribution in [-0.4, -0.2) is 20.9 Å². The maximum absolute atomic E-state index is 12.9. The molecule has 0 aliphatic rings. The highest BCUT2D eigenvalue weighted by Crippen LogP contribution is 2.15. The minimum absolute atomic E-state index is 0.227. The summed E-state index contributed by atoms with van der Waals surface area (Å²) in [6, 6.07) is 6.43. The number of halogens is 1. The van der Waals surface area contributed by atoms with Gasteiger partial charge in [0, 0.05) is 42.0 Å². The summed E-state index contributed by atoms with van der Waals surface area (Å²) in [4.78, 5) is 8.88. The molecule has 0 amide bonds. The normalized spacial score (nSPS) is 10.8. The quantitative estimate of drug-likeness (QED) is 0.747. The van der Waals surface area contributed by atoms with Crippen LogP contribution in [0.3, 0.4) is 0 Å². The van der Waals surface area contributed by atoms with E-state index in [2.05, 4.69) is 25.0 Å². The van der Waals surface area contributed by atoms with Crippen LogP contribution in [-0.2, 0) is 12.8 Å². The van der Waals surface area contributed by atoms with Crippen LogP contribution in [0.25, 0.3) is 0 Å². The zero-order chi connectivity index (χ0) is 15.4. The lowest BCUT2D eigenvalue weighted by Gasteiger charge is -1.99. The summed E-state index contributed by atoms with van der Waals surface area (Å²) < 4.78 is 17.2. The van der Waals surface area contributed by atoms with Crippen molar-refractivity contribution in [3.05, 3.63) is 57.6 Å². The summed E-state index contributed by atoms with van der Waals surface area (Å²) in [5.74, 6) is 0.527. The molecule has 2 heterocycles. The van der Waals surface area contributed by atoms with Gasteiger partial charge in [0.25, 0.3) is 0 Å². The Morgan fingerprint density at radius 2 is 2.00 bits per heavy atom. The van der Waals surface area contributed by atoms with Gasteiger partial charge >= 0.3 is 0 Å². The molecule has 0 bridgehead atoms. The Bertz CT molecular complexity index is 736. The largest absolute Gasteiger partial charge is 0.360 e. The number of nitrogens with zero attached hydrogens (tertiary/aromatic N) is 3. The van der Waals surface area contributed by atoms with Gasteiger partial charge in [0.2, 0.25) is 5.13 Å². The Kier molecular flexibility index (Phi) is 4.74. The van der Waals surface area contributed by atoms with E-state index in [0.717, 1.165) is 40.2 Å². The number of hydrogen-bond donors (Lipinski definition) is 1. The van der Waals surface area contributed by atoms with E-state index < -0.39 is 0 Å². The lowest BCUT2D eigenvalue weighted by molar-refractivity contribution is 0.627. The number of aromatic nitrogens is 3. The van der Waals surface area contributed by atoms with Gasteiger partial charge in [-0.25, -0.2) is 14.4 Å². The summed E-state index contributed by atoms with van der Waals surface area (Å²) in [6.45, 7) is 2.79. The van der Waals surface area contributed by atoms with Crippen molar-refractivity contribution in [1.82, 2.24) is 14.3 Å². The first kappa shape index (κ1) is 15.1. The molecule has 4 nitrogen and oxygen atoms in total. The minimum atomic E-state index is -0.227. The highest BCUT2D eigenvalue weighted by molar-refractivity contribution is 7.10. The van der Waals surface area contributed by atoms with E-state index in [1.807, 2.05) is 6.92 Å². The van der Waals surface area contributed by atoms with Crippen molar-refractivity contribution in [2.75, 3.05) is 11.9 Å². The maximum Gasteiger partial charge on any atom is 0.202 e. The molecule has 1 aromatic carbocycles. The van der Waals surface area contributed by atoms with E-state index in [1.54, 1.807) is 23.5 Å². The van der Waals surface area contributed by atoms with E-state index in [4.69, 9.17) is 0 Å². The molecule has 0 aliphatic carbocycles. The van der Waals surface area contributed by atoms with Gasteiger partial charge in [-0.15, -0.1) is 11.3 Å². The zero-order valence-corrected chi connectivity index (χ0v) is 13.7. The first-order chi connectivity index (χ1) is 10.7. The standard InChI is InChI=1S/C15H15FN4S2/c1-10-9-21-14(18-10)6-7-17-15-19-13(20-22-15)8-11-2-4-12(16)5-3-11/h2-5,9H,6-8H2,1H3,(H,17,19,20). The molecule has 0 fully saturated rings. The molecule has 3 rings (SSSR count). The Morgan fingerprint density at radius 1 is 1.18 bits per heavy atom. The van der Waals surface area contributed by atoms with Gasteiger partial charge in [0.15, 0.2) is 0 Å². The molecule has 22 heavy (non-hydrogen) atoms. The van der Waals surface area contributed by atoms with Gasteiger partial charge in [0.05, 0.1) is 5.01 Å². The molecule has 0 spiro atoms. The molecule has 0 saturated heterocycles. The molecular formula is C15H15FN4S2. The molecular weight excluding hydrogens is 319 g/mol. The molecule has 3 aromatic rings. The Balaban J connectivity index is 1.51. The monoisotopic (exact) mass is 334 g/mol. The van der Waals surface area contributed by atoms with E-state index >= 15 is 0 Å². The van der Waals surface area contributed by atoms with Gasteiger partial charge in [-0.3, -0.25) is 0 Å². The fourth-order valence-electron chi connectivity index (χ4n) is 1.98. The fourth-order valence-corrected chi connectivity index (χ4v) is 3.36. The first-order valence-corrected chi connectivity index (χ1v) is 8.56. The van der Waals surface area contributed by atoms with Crippen molar-refractivity contribution in [2.24, 2.45) is 0 Å². The number of thiazole rings is 1. The number of hydrogen-bond acceptors (Lipinski definition) is 6. The number of benzene rings is 1. The zero-order valence-electron chi connectivity index (χ0n) is 12.0. The number of aryl methyl sites for hydroxylation is 1. The molecule has 0 aliphatic heterocycles. The van der Waals surface area contributed by atoms with Crippen LogP contribution in [0.5, 0.6) is 0 Å². The molecule has 1 N–H and O–H groups in total. The van der Waals surface area contributed by atoms with Crippen LogP contribution in [0, 0.1) is 12.7 Å². The van der Waals surface area contributed by atoms with Crippen molar-refractivity contribution in [3.63, 3.8) is 0 Å². The smallest absolute Gasteiger partial charge is 0.202 e. The number of nitrogens with one attached hydrogen (secondary N) is 1. The van der Waals surface area contributed by atoms with Gasteiger partial charge in [-0.1, -0.05) is 12.1 Å². The maximum atomic E-state index is 12.9. The number of rotatable bonds is 6. The predicted molar refractivity (Wildman–Crippen MR) is 88.2 cm³/mol. The molecule has 0 atom stereocenters. The van der Waals surface area contributed by atoms with Crippen molar-refractivity contribution in [2.45, 2.75) is 19.8 Å². The van der Waals surface area contributed by atoms with E-state index in [1.165, 1.54) is 23.7 Å². The molecule has 0 unspecified atom stereocenters. The van der Waals surface area contributed by atoms with Crippen LogP contribution in [0.15, 0.2) is 29.6 Å². The third-order valence-electron chi connectivity index (χ3n) is 3.03. The second kappa shape index (κ2) is 6.93. The fraction of sp³-hybridized carbons (Fsp3) is 0.267. The second-order valence-corrected chi connectivity index (χ2v) is 6.57. The van der Waals surface area contributed by atoms with Crippen molar-refractivity contribution < 1.29 is 4.39 Å². The van der Waals surface area contributed by atoms with Crippen LogP contribution in [0.1, 0.15) is 22.1 Å². The number of anilines is 1. The topological polar surface area (TPSA) is 50.7 Å². The van der Waals surface area contributed by atoms with Gasteiger partial charge in [-0.2, -0.15) is 4.37 Å². The molecule has 0 saturated carbocycles. The van der Waals surface area contributed by atoms with Crippen LogP contribution in [0.4, 0.5) is 9.52 Å². The Morgan fingerprint density at radius 3 is 2.73 bits per heavy atom. The molecule has 2 aromatic heterocycles. The van der Waals surface area contributed by atoms with Gasteiger partial charge in [0.1, 0.15) is 11.6 Å². The summed E-state index contributed by atoms with van der Waals surface area (Å²) in [7, 11) is 0. The van der Waals surface area contributed by atoms with Crippen LogP contribution >= 0.6 is 22.9 Å². The minimum Gasteiger partial charge on any atom is -0.360 e. The third-order valence-corrected chi connectivity index (χ3v) is 4.76. The first-order valence-electron chi connectivity index (χ1n) is 6.91. The molecule has 114 valence electrons. The van der Waals surface area contributed by atoms with Gasteiger partial charge < -0.3 is 5.32 Å². The van der Waals surface area contributed by atoms with Crippen molar-refractivity contribution >= 4 is 28.0 Å². The van der Waals surface area contributed by atoms with Crippen LogP contribution < -0.4 is 5.32 Å². The van der Waals surface area contributed by atoms with Crippen LogP contribution in [0.2, 0.25) is 0 Å². The SMILES string of the molecule is Cc1csc(CCNc2nc(Cc3ccc(F)cc3)ns2)n1. The summed E-state index contributed by atoms with van der Waals surface area (Å²) in [5.41, 5.74) is 2.07. The lowest BCUT2D eigenvalue weighted by atomic mass is 10.1. The van der Waals surface area contributed by atoms with Crippen molar-refractivity contribution in [1.29, 1.82) is 0 Å². The average molecular weight is 334 g/mol. The highest BCUT2D eigenvalue weighted by Gasteiger charge is 2.06. The second-order valence-electron chi connectivity index (χ2n) is 4.88. The molecule has 7 heteroatoms. The highest BCUT2D eigenvalue weighted by atomic mass is 32.1. The summed E-state index contributed by atoms with van der Waals surface area (Å²) in [6.07, 6.45) is 1.50. The Labute approximate surface area is 136 Å². The lowest BCUT2D eigenvalue weighted by Crippen LogP contribution is -2.04. The van der Waals surface area contributed by atoms with E-state index in [-0.39, 0.29) is 5.82 Å². The van der Waals surface area contributed by atoms with Crippen molar-refractivity contribution in [3.8, 4) is 0 Å². The third kappa shape index (κ3) is 4.08. The van der Waals surface area contributed by atoms with E-state index in [9.17, 15) is 4.39 Å².